The third kappa shape index (κ3) is 3.22. The van der Waals surface area contributed by atoms with Crippen molar-refractivity contribution in [3.63, 3.8) is 0 Å². The van der Waals surface area contributed by atoms with Crippen LogP contribution in [-0.2, 0) is 0 Å². The molecule has 2 aromatic carbocycles. The Morgan fingerprint density at radius 2 is 1.76 bits per heavy atom. The molecule has 0 saturated heterocycles. The van der Waals surface area contributed by atoms with Gasteiger partial charge in [0.1, 0.15) is 11.4 Å². The summed E-state index contributed by atoms with van der Waals surface area (Å²) in [5.41, 5.74) is 0.794. The quantitative estimate of drug-likeness (QED) is 0.719. The highest BCUT2D eigenvalue weighted by Crippen LogP contribution is 2.61. The van der Waals surface area contributed by atoms with E-state index >= 15 is 0 Å². The zero-order chi connectivity index (χ0) is 17.3. The molecule has 0 radical (unpaired) electrons. The maximum atomic E-state index is 11.0. The molecule has 1 unspecified atom stereocenters. The summed E-state index contributed by atoms with van der Waals surface area (Å²) >= 11 is 0. The van der Waals surface area contributed by atoms with Gasteiger partial charge in [-0.25, -0.2) is 4.31 Å². The normalized spacial score (nSPS) is 23.3. The van der Waals surface area contributed by atoms with Crippen LogP contribution in [0.5, 0.6) is 5.75 Å². The molecule has 25 heavy (non-hydrogen) atoms. The van der Waals surface area contributed by atoms with E-state index in [0.717, 1.165) is 12.2 Å². The van der Waals surface area contributed by atoms with E-state index in [-0.39, 0.29) is 0 Å². The molecule has 1 fully saturated rings. The zero-order valence-corrected chi connectivity index (χ0v) is 14.9. The number of ether oxygens (including phenoxy) is 1. The summed E-state index contributed by atoms with van der Waals surface area (Å²) in [6.07, 6.45) is 4.25. The second-order valence-electron chi connectivity index (χ2n) is 6.58. The molecular weight excluding hydrogens is 336 g/mol. The standard InChI is InChI=1S/C19H24N2O3S/c22-25(23)19(13-14-20-15-7-6-8-15)24-18-12-5-4-11-17(18)21(25)16-9-2-1-3-10-16/h1-5,9-12,15,19-20,22-23H,6-8,13-14H2. The van der Waals surface area contributed by atoms with Gasteiger partial charge >= 0.3 is 0 Å². The molecule has 0 aromatic heterocycles. The number of rotatable bonds is 5. The predicted molar refractivity (Wildman–Crippen MR) is 103 cm³/mol. The molecule has 0 spiro atoms. The highest BCUT2D eigenvalue weighted by molar-refractivity contribution is 8.26. The van der Waals surface area contributed by atoms with Crippen molar-refractivity contribution in [3.05, 3.63) is 54.6 Å². The lowest BCUT2D eigenvalue weighted by atomic mass is 9.93. The summed E-state index contributed by atoms with van der Waals surface area (Å²) in [4.78, 5) is 0. The van der Waals surface area contributed by atoms with Gasteiger partial charge in [-0.2, -0.15) is 0 Å². The predicted octanol–water partition coefficient (Wildman–Crippen LogP) is 4.74. The van der Waals surface area contributed by atoms with Gasteiger partial charge in [0, 0.05) is 19.0 Å². The van der Waals surface area contributed by atoms with Crippen molar-refractivity contribution in [3.8, 4) is 5.75 Å². The molecule has 1 aliphatic heterocycles. The fourth-order valence-corrected chi connectivity index (χ4v) is 5.06. The maximum Gasteiger partial charge on any atom is 0.207 e. The number of nitrogens with one attached hydrogen (secondary N) is 1. The monoisotopic (exact) mass is 360 g/mol. The van der Waals surface area contributed by atoms with Gasteiger partial charge in [0.25, 0.3) is 0 Å². The van der Waals surface area contributed by atoms with Crippen LogP contribution >= 0.6 is 10.8 Å². The van der Waals surface area contributed by atoms with E-state index in [4.69, 9.17) is 4.74 Å². The molecule has 134 valence electrons. The zero-order valence-electron chi connectivity index (χ0n) is 14.0. The number of hydrogen-bond donors (Lipinski definition) is 3. The lowest BCUT2D eigenvalue weighted by Crippen LogP contribution is -2.42. The van der Waals surface area contributed by atoms with Gasteiger partial charge in [0.2, 0.25) is 5.44 Å². The Bertz CT molecular complexity index is 722. The van der Waals surface area contributed by atoms with E-state index in [2.05, 4.69) is 5.32 Å². The Kier molecular flexibility index (Phi) is 4.60. The first-order chi connectivity index (χ1) is 12.2. The molecule has 0 bridgehead atoms. The van der Waals surface area contributed by atoms with E-state index < -0.39 is 16.2 Å². The fraction of sp³-hybridized carbons (Fsp3) is 0.368. The minimum Gasteiger partial charge on any atom is -0.466 e. The number of anilines is 2. The van der Waals surface area contributed by atoms with Crippen molar-refractivity contribution in [1.29, 1.82) is 0 Å². The molecule has 5 nitrogen and oxygen atoms in total. The van der Waals surface area contributed by atoms with Gasteiger partial charge in [0.15, 0.2) is 0 Å². The van der Waals surface area contributed by atoms with E-state index in [1.165, 1.54) is 19.3 Å². The molecule has 4 rings (SSSR count). The van der Waals surface area contributed by atoms with Gasteiger partial charge in [-0.05, 0) is 37.1 Å². The molecule has 2 aromatic rings. The minimum atomic E-state index is -3.15. The van der Waals surface area contributed by atoms with E-state index in [1.54, 1.807) is 4.31 Å². The van der Waals surface area contributed by atoms with Crippen molar-refractivity contribution in [2.75, 3.05) is 10.8 Å². The van der Waals surface area contributed by atoms with Crippen LogP contribution in [0.25, 0.3) is 0 Å². The van der Waals surface area contributed by atoms with Crippen LogP contribution in [0.15, 0.2) is 54.6 Å². The maximum absolute atomic E-state index is 11.0. The van der Waals surface area contributed by atoms with Gasteiger partial charge in [-0.1, -0.05) is 47.5 Å². The second kappa shape index (κ2) is 6.88. The molecule has 0 amide bonds. The summed E-state index contributed by atoms with van der Waals surface area (Å²) < 4.78 is 29.7. The third-order valence-electron chi connectivity index (χ3n) is 4.87. The van der Waals surface area contributed by atoms with E-state index in [0.29, 0.717) is 23.9 Å². The Morgan fingerprint density at radius 1 is 1.04 bits per heavy atom. The number of fused-ring (bicyclic) bond motifs is 1. The van der Waals surface area contributed by atoms with Crippen molar-refractivity contribution in [2.24, 2.45) is 0 Å². The minimum absolute atomic E-state index is 0.552. The average Bonchev–Trinajstić information content (AvgIpc) is 2.57. The summed E-state index contributed by atoms with van der Waals surface area (Å²) in [6, 6.07) is 17.6. The number of benzene rings is 2. The first kappa shape index (κ1) is 16.7. The van der Waals surface area contributed by atoms with Crippen molar-refractivity contribution in [1.82, 2.24) is 5.32 Å². The lowest BCUT2D eigenvalue weighted by Gasteiger charge is -2.52. The van der Waals surface area contributed by atoms with Gasteiger partial charge < -0.3 is 10.1 Å². The van der Waals surface area contributed by atoms with E-state index in [1.807, 2.05) is 54.6 Å². The topological polar surface area (TPSA) is 65.0 Å². The summed E-state index contributed by atoms with van der Waals surface area (Å²) in [6.45, 7) is 0.718. The van der Waals surface area contributed by atoms with Crippen LogP contribution in [0, 0.1) is 0 Å². The van der Waals surface area contributed by atoms with Crippen LogP contribution in [0.2, 0.25) is 0 Å². The summed E-state index contributed by atoms with van der Waals surface area (Å²) in [5.74, 6) is 0.686. The molecule has 1 atom stereocenters. The second-order valence-corrected chi connectivity index (χ2v) is 8.59. The van der Waals surface area contributed by atoms with Crippen LogP contribution in [0.3, 0.4) is 0 Å². The van der Waals surface area contributed by atoms with Gasteiger partial charge in [-0.15, -0.1) is 0 Å². The molecule has 1 saturated carbocycles. The summed E-state index contributed by atoms with van der Waals surface area (Å²) in [5, 5.41) is 3.48. The van der Waals surface area contributed by atoms with Gasteiger partial charge in [0.05, 0.1) is 5.69 Å². The first-order valence-corrected chi connectivity index (χ1v) is 10.3. The average molecular weight is 360 g/mol. The van der Waals surface area contributed by atoms with Crippen LogP contribution in [0.1, 0.15) is 25.7 Å². The molecule has 1 aliphatic carbocycles. The first-order valence-electron chi connectivity index (χ1n) is 8.78. The van der Waals surface area contributed by atoms with Crippen LogP contribution in [0.4, 0.5) is 11.4 Å². The van der Waals surface area contributed by atoms with Crippen molar-refractivity contribution < 1.29 is 13.8 Å². The number of para-hydroxylation sites is 3. The highest BCUT2D eigenvalue weighted by Gasteiger charge is 2.41. The summed E-state index contributed by atoms with van der Waals surface area (Å²) in [7, 11) is -3.15. The Labute approximate surface area is 150 Å². The molecular formula is C19H24N2O3S. The van der Waals surface area contributed by atoms with Crippen LogP contribution in [-0.4, -0.2) is 27.1 Å². The van der Waals surface area contributed by atoms with E-state index in [9.17, 15) is 9.11 Å². The van der Waals surface area contributed by atoms with Gasteiger partial charge in [-0.3, -0.25) is 9.11 Å². The fourth-order valence-electron chi connectivity index (χ4n) is 3.29. The largest absolute Gasteiger partial charge is 0.466 e. The Hall–Kier alpha value is -1.73. The molecule has 6 heteroatoms. The lowest BCUT2D eigenvalue weighted by molar-refractivity contribution is 0.230. The molecule has 3 N–H and O–H groups in total. The smallest absolute Gasteiger partial charge is 0.207 e. The van der Waals surface area contributed by atoms with Crippen molar-refractivity contribution >= 4 is 22.2 Å². The molecule has 2 aliphatic rings. The third-order valence-corrected chi connectivity index (χ3v) is 6.86. The van der Waals surface area contributed by atoms with Crippen LogP contribution < -0.4 is 14.4 Å². The Balaban J connectivity index is 1.61. The number of nitrogens with zero attached hydrogens (tertiary/aromatic N) is 1. The van der Waals surface area contributed by atoms with Crippen molar-refractivity contribution in [2.45, 2.75) is 37.2 Å². The Morgan fingerprint density at radius 3 is 2.48 bits per heavy atom. The number of hydrogen-bond acceptors (Lipinski definition) is 5. The molecule has 1 heterocycles. The highest BCUT2D eigenvalue weighted by atomic mass is 32.3. The SMILES string of the molecule is OS1(O)C(CCNC2CCC2)Oc2ccccc2N1c1ccccc1.